The minimum atomic E-state index is 0.115. The fraction of sp³-hybridized carbons (Fsp3) is 0.667. The largest absolute Gasteiger partial charge is 0.341 e. The van der Waals surface area contributed by atoms with Crippen molar-refractivity contribution in [1.29, 1.82) is 0 Å². The fourth-order valence-corrected chi connectivity index (χ4v) is 4.67. The van der Waals surface area contributed by atoms with Crippen LogP contribution >= 0.6 is 0 Å². The Morgan fingerprint density at radius 1 is 1.30 bits per heavy atom. The van der Waals surface area contributed by atoms with E-state index < -0.39 is 0 Å². The normalized spacial score (nSPS) is 26.1. The summed E-state index contributed by atoms with van der Waals surface area (Å²) < 4.78 is 0. The van der Waals surface area contributed by atoms with Crippen molar-refractivity contribution >= 4 is 11.8 Å². The molecule has 1 atom stereocenters. The maximum atomic E-state index is 12.9. The van der Waals surface area contributed by atoms with Crippen LogP contribution in [0.25, 0.3) is 0 Å². The first-order valence-electron chi connectivity index (χ1n) is 10.2. The zero-order chi connectivity index (χ0) is 18.9. The highest BCUT2D eigenvalue weighted by Crippen LogP contribution is 2.42. The lowest BCUT2D eigenvalue weighted by molar-refractivity contribution is -0.144. The third-order valence-electron chi connectivity index (χ3n) is 6.26. The molecule has 2 aliphatic heterocycles. The minimum absolute atomic E-state index is 0.115. The van der Waals surface area contributed by atoms with Crippen molar-refractivity contribution in [3.63, 3.8) is 0 Å². The molecule has 0 N–H and O–H groups in total. The standard InChI is InChI=1S/C21H30N4O2/c1-23(13-17-5-2-3-11-22-17)14-20(27)24-12-4-9-21(15-24)10-8-19(26)25(16-21)18-6-7-18/h2-3,5,11,18H,4,6-10,12-16H2,1H3/t21-/m1/s1. The van der Waals surface area contributed by atoms with E-state index in [4.69, 9.17) is 0 Å². The zero-order valence-electron chi connectivity index (χ0n) is 16.3. The lowest BCUT2D eigenvalue weighted by Gasteiger charge is -2.48. The Labute approximate surface area is 161 Å². The third kappa shape index (κ3) is 4.32. The first-order valence-corrected chi connectivity index (χ1v) is 10.2. The van der Waals surface area contributed by atoms with Gasteiger partial charge in [0, 0.05) is 50.3 Å². The molecule has 27 heavy (non-hydrogen) atoms. The van der Waals surface area contributed by atoms with Gasteiger partial charge in [0.15, 0.2) is 0 Å². The topological polar surface area (TPSA) is 56.8 Å². The molecule has 0 radical (unpaired) electrons. The number of likely N-dealkylation sites (tertiary alicyclic amines) is 2. The number of piperidine rings is 2. The van der Waals surface area contributed by atoms with Gasteiger partial charge in [-0.15, -0.1) is 0 Å². The lowest BCUT2D eigenvalue weighted by atomic mass is 9.73. The number of hydrogen-bond acceptors (Lipinski definition) is 4. The van der Waals surface area contributed by atoms with E-state index in [2.05, 4.69) is 9.88 Å². The highest BCUT2D eigenvalue weighted by molar-refractivity contribution is 5.79. The van der Waals surface area contributed by atoms with Crippen LogP contribution in [0.5, 0.6) is 0 Å². The molecule has 0 aromatic carbocycles. The van der Waals surface area contributed by atoms with E-state index >= 15 is 0 Å². The fourth-order valence-electron chi connectivity index (χ4n) is 4.67. The van der Waals surface area contributed by atoms with Gasteiger partial charge in [0.2, 0.25) is 11.8 Å². The number of hydrogen-bond donors (Lipinski definition) is 0. The second-order valence-corrected chi connectivity index (χ2v) is 8.67. The van der Waals surface area contributed by atoms with E-state index in [1.54, 1.807) is 6.20 Å². The number of pyridine rings is 1. The molecule has 0 bridgehead atoms. The van der Waals surface area contributed by atoms with Gasteiger partial charge in [0.05, 0.1) is 12.2 Å². The van der Waals surface area contributed by atoms with Crippen LogP contribution in [-0.2, 0) is 16.1 Å². The summed E-state index contributed by atoms with van der Waals surface area (Å²) >= 11 is 0. The Balaban J connectivity index is 1.34. The molecule has 3 heterocycles. The van der Waals surface area contributed by atoms with Crippen LogP contribution in [-0.4, -0.2) is 70.8 Å². The number of nitrogens with zero attached hydrogens (tertiary/aromatic N) is 4. The SMILES string of the molecule is CN(CC(=O)N1CCC[C@@]2(CCC(=O)N(C3CC3)C2)C1)Cc1ccccn1. The molecule has 4 rings (SSSR count). The Morgan fingerprint density at radius 2 is 2.15 bits per heavy atom. The zero-order valence-corrected chi connectivity index (χ0v) is 16.3. The number of carbonyl (C=O) groups is 2. The smallest absolute Gasteiger partial charge is 0.236 e. The van der Waals surface area contributed by atoms with Crippen LogP contribution < -0.4 is 0 Å². The molecule has 3 fully saturated rings. The van der Waals surface area contributed by atoms with E-state index in [-0.39, 0.29) is 11.3 Å². The predicted molar refractivity (Wildman–Crippen MR) is 103 cm³/mol. The second-order valence-electron chi connectivity index (χ2n) is 8.67. The van der Waals surface area contributed by atoms with Gasteiger partial charge in [-0.3, -0.25) is 19.5 Å². The van der Waals surface area contributed by atoms with E-state index in [1.807, 2.05) is 35.0 Å². The van der Waals surface area contributed by atoms with Gasteiger partial charge in [0.1, 0.15) is 0 Å². The number of rotatable bonds is 5. The van der Waals surface area contributed by atoms with Crippen LogP contribution in [0, 0.1) is 5.41 Å². The van der Waals surface area contributed by atoms with Crippen molar-refractivity contribution in [2.45, 2.75) is 51.1 Å². The molecule has 1 aliphatic carbocycles. The van der Waals surface area contributed by atoms with Gasteiger partial charge in [-0.05, 0) is 51.3 Å². The Bertz CT molecular complexity index is 691. The van der Waals surface area contributed by atoms with Crippen molar-refractivity contribution < 1.29 is 9.59 Å². The summed E-state index contributed by atoms with van der Waals surface area (Å²) in [6.07, 6.45) is 7.86. The average Bonchev–Trinajstić information content (AvgIpc) is 3.50. The lowest BCUT2D eigenvalue weighted by Crippen LogP contribution is -2.56. The van der Waals surface area contributed by atoms with Gasteiger partial charge in [-0.2, -0.15) is 0 Å². The molecule has 6 heteroatoms. The number of carbonyl (C=O) groups excluding carboxylic acids is 2. The molecule has 2 saturated heterocycles. The quantitative estimate of drug-likeness (QED) is 0.794. The minimum Gasteiger partial charge on any atom is -0.341 e. The summed E-state index contributed by atoms with van der Waals surface area (Å²) in [6, 6.07) is 6.34. The van der Waals surface area contributed by atoms with E-state index in [0.717, 1.165) is 57.4 Å². The molecule has 1 aromatic heterocycles. The van der Waals surface area contributed by atoms with Gasteiger partial charge in [-0.25, -0.2) is 0 Å². The maximum absolute atomic E-state index is 12.9. The van der Waals surface area contributed by atoms with Gasteiger partial charge >= 0.3 is 0 Å². The molecule has 1 spiro atoms. The summed E-state index contributed by atoms with van der Waals surface area (Å²) in [4.78, 5) is 35.7. The molecule has 1 aromatic rings. The molecular formula is C21H30N4O2. The van der Waals surface area contributed by atoms with Crippen molar-refractivity contribution in [2.24, 2.45) is 5.41 Å². The highest BCUT2D eigenvalue weighted by atomic mass is 16.2. The first-order chi connectivity index (χ1) is 13.0. The second kappa shape index (κ2) is 7.58. The summed E-state index contributed by atoms with van der Waals surface area (Å²) in [6.45, 7) is 3.59. The summed E-state index contributed by atoms with van der Waals surface area (Å²) in [5, 5.41) is 0. The van der Waals surface area contributed by atoms with Crippen molar-refractivity contribution in [2.75, 3.05) is 33.2 Å². The summed E-state index contributed by atoms with van der Waals surface area (Å²) in [7, 11) is 1.97. The van der Waals surface area contributed by atoms with Crippen LogP contribution in [0.15, 0.2) is 24.4 Å². The Morgan fingerprint density at radius 3 is 2.89 bits per heavy atom. The van der Waals surface area contributed by atoms with Gasteiger partial charge in [0.25, 0.3) is 0 Å². The number of likely N-dealkylation sites (N-methyl/N-ethyl adjacent to an activating group) is 1. The summed E-state index contributed by atoms with van der Waals surface area (Å²) in [5.74, 6) is 0.518. The van der Waals surface area contributed by atoms with Crippen molar-refractivity contribution in [3.8, 4) is 0 Å². The van der Waals surface area contributed by atoms with E-state index in [9.17, 15) is 9.59 Å². The van der Waals surface area contributed by atoms with E-state index in [1.165, 1.54) is 0 Å². The van der Waals surface area contributed by atoms with Crippen molar-refractivity contribution in [1.82, 2.24) is 19.7 Å². The molecule has 3 aliphatic rings. The van der Waals surface area contributed by atoms with Gasteiger partial charge in [-0.1, -0.05) is 6.07 Å². The Kier molecular flexibility index (Phi) is 5.17. The molecule has 0 unspecified atom stereocenters. The predicted octanol–water partition coefficient (Wildman–Crippen LogP) is 1.91. The number of aromatic nitrogens is 1. The van der Waals surface area contributed by atoms with Crippen LogP contribution in [0.2, 0.25) is 0 Å². The molecule has 1 saturated carbocycles. The highest BCUT2D eigenvalue weighted by Gasteiger charge is 2.46. The molecule has 2 amide bonds. The molecular weight excluding hydrogens is 340 g/mol. The first kappa shape index (κ1) is 18.4. The summed E-state index contributed by atoms with van der Waals surface area (Å²) in [5.41, 5.74) is 1.10. The average molecular weight is 370 g/mol. The number of amides is 2. The maximum Gasteiger partial charge on any atom is 0.236 e. The Hall–Kier alpha value is -1.95. The van der Waals surface area contributed by atoms with Crippen LogP contribution in [0.1, 0.15) is 44.2 Å². The van der Waals surface area contributed by atoms with E-state index in [0.29, 0.717) is 31.5 Å². The van der Waals surface area contributed by atoms with Gasteiger partial charge < -0.3 is 9.80 Å². The molecule has 146 valence electrons. The van der Waals surface area contributed by atoms with Crippen LogP contribution in [0.3, 0.4) is 0 Å². The van der Waals surface area contributed by atoms with Crippen LogP contribution in [0.4, 0.5) is 0 Å². The van der Waals surface area contributed by atoms with Crippen molar-refractivity contribution in [3.05, 3.63) is 30.1 Å². The monoisotopic (exact) mass is 370 g/mol. The molecule has 6 nitrogen and oxygen atoms in total. The third-order valence-corrected chi connectivity index (χ3v) is 6.26.